The number of rotatable bonds is 8. The highest BCUT2D eigenvalue weighted by Gasteiger charge is 2.29. The fourth-order valence-electron chi connectivity index (χ4n) is 4.26. The summed E-state index contributed by atoms with van der Waals surface area (Å²) in [4.78, 5) is 19.7. The van der Waals surface area contributed by atoms with Gasteiger partial charge in [0.05, 0.1) is 16.5 Å². The number of pyridine rings is 1. The number of nitriles is 1. The molecule has 1 amide bonds. The molecule has 3 aromatic rings. The van der Waals surface area contributed by atoms with Crippen molar-refractivity contribution in [2.75, 3.05) is 19.6 Å². The number of amides is 1. The zero-order valence-corrected chi connectivity index (χ0v) is 19.1. The number of sulfonamides is 1. The van der Waals surface area contributed by atoms with Crippen LogP contribution in [0.3, 0.4) is 0 Å². The Balaban J connectivity index is 1.18. The molecule has 1 aliphatic heterocycles. The fraction of sp³-hybridized carbons (Fsp3) is 0.375. The highest BCUT2D eigenvalue weighted by Crippen LogP contribution is 2.27. The Kier molecular flexibility index (Phi) is 7.06. The van der Waals surface area contributed by atoms with Crippen molar-refractivity contribution in [3.05, 3.63) is 60.0 Å². The summed E-state index contributed by atoms with van der Waals surface area (Å²) >= 11 is 0. The van der Waals surface area contributed by atoms with Crippen molar-refractivity contribution < 1.29 is 13.2 Å². The zero-order chi connectivity index (χ0) is 23.3. The molecule has 0 aliphatic carbocycles. The first kappa shape index (κ1) is 23.0. The molecule has 0 bridgehead atoms. The van der Waals surface area contributed by atoms with Crippen LogP contribution < -0.4 is 5.32 Å². The largest absolute Gasteiger partial charge is 0.351 e. The van der Waals surface area contributed by atoms with Crippen LogP contribution in [0.1, 0.15) is 48.2 Å². The lowest BCUT2D eigenvalue weighted by atomic mass is 9.92. The third kappa shape index (κ3) is 5.41. The molecular formula is C24H27N5O3S. The van der Waals surface area contributed by atoms with E-state index >= 15 is 0 Å². The molecule has 1 aromatic carbocycles. The zero-order valence-electron chi connectivity index (χ0n) is 18.3. The van der Waals surface area contributed by atoms with E-state index in [1.165, 1.54) is 10.4 Å². The van der Waals surface area contributed by atoms with Gasteiger partial charge >= 0.3 is 0 Å². The van der Waals surface area contributed by atoms with E-state index in [-0.39, 0.29) is 10.8 Å². The number of unbranched alkanes of at least 4 members (excludes halogenated alkanes) is 1. The number of hydrogen-bond donors (Lipinski definition) is 2. The maximum absolute atomic E-state index is 12.9. The van der Waals surface area contributed by atoms with E-state index < -0.39 is 10.0 Å². The van der Waals surface area contributed by atoms with E-state index in [1.54, 1.807) is 36.7 Å². The average Bonchev–Trinajstić information content (AvgIpc) is 3.28. The topological polar surface area (TPSA) is 119 Å². The van der Waals surface area contributed by atoms with Crippen LogP contribution in [-0.4, -0.2) is 48.2 Å². The second-order valence-electron chi connectivity index (χ2n) is 8.38. The first-order valence-electron chi connectivity index (χ1n) is 11.2. The van der Waals surface area contributed by atoms with Gasteiger partial charge in [0.2, 0.25) is 10.0 Å². The van der Waals surface area contributed by atoms with Gasteiger partial charge in [0, 0.05) is 42.9 Å². The Morgan fingerprint density at radius 3 is 2.79 bits per heavy atom. The first-order valence-corrected chi connectivity index (χ1v) is 12.6. The van der Waals surface area contributed by atoms with E-state index in [4.69, 9.17) is 5.26 Å². The molecule has 0 atom stereocenters. The molecule has 2 N–H and O–H groups in total. The van der Waals surface area contributed by atoms with Gasteiger partial charge in [0.15, 0.2) is 0 Å². The number of aromatic amines is 1. The average molecular weight is 466 g/mol. The molecule has 172 valence electrons. The maximum Gasteiger partial charge on any atom is 0.267 e. The molecule has 1 aliphatic rings. The predicted octanol–water partition coefficient (Wildman–Crippen LogP) is 3.44. The van der Waals surface area contributed by atoms with Crippen LogP contribution in [0.4, 0.5) is 0 Å². The molecule has 1 saturated heterocycles. The molecule has 33 heavy (non-hydrogen) atoms. The van der Waals surface area contributed by atoms with Crippen molar-refractivity contribution in [2.24, 2.45) is 5.92 Å². The van der Waals surface area contributed by atoms with Gasteiger partial charge in [-0.25, -0.2) is 8.42 Å². The molecule has 8 nitrogen and oxygen atoms in total. The molecule has 9 heteroatoms. The van der Waals surface area contributed by atoms with Crippen LogP contribution in [-0.2, 0) is 10.0 Å². The van der Waals surface area contributed by atoms with Crippen LogP contribution in [0.5, 0.6) is 0 Å². The second-order valence-corrected chi connectivity index (χ2v) is 10.3. The number of nitrogens with one attached hydrogen (secondary N) is 2. The third-order valence-electron chi connectivity index (χ3n) is 6.16. The monoisotopic (exact) mass is 465 g/mol. The molecule has 0 radical (unpaired) electrons. The van der Waals surface area contributed by atoms with Gasteiger partial charge in [0.1, 0.15) is 5.69 Å². The smallest absolute Gasteiger partial charge is 0.267 e. The maximum atomic E-state index is 12.9. The van der Waals surface area contributed by atoms with Crippen LogP contribution in [0.25, 0.3) is 10.9 Å². The summed E-state index contributed by atoms with van der Waals surface area (Å²) in [6, 6.07) is 11.8. The molecule has 3 heterocycles. The standard InChI is InChI=1S/C24H27N5O3S/c25-16-19-5-3-6-21(14-19)33(31,32)29-12-8-18(9-13-29)4-1-2-10-27-24(30)23-15-20-17-26-11-7-22(20)28-23/h3,5-7,11,14-15,17-18,28H,1-2,4,8-10,12-13H2,(H,27,30). The molecule has 1 fully saturated rings. The fourth-order valence-corrected chi connectivity index (χ4v) is 5.78. The highest BCUT2D eigenvalue weighted by molar-refractivity contribution is 7.89. The Hall–Kier alpha value is -3.22. The van der Waals surface area contributed by atoms with E-state index in [0.29, 0.717) is 36.8 Å². The summed E-state index contributed by atoms with van der Waals surface area (Å²) in [6.45, 7) is 1.60. The lowest BCUT2D eigenvalue weighted by Gasteiger charge is -2.31. The van der Waals surface area contributed by atoms with Gasteiger partial charge in [-0.3, -0.25) is 9.78 Å². The molecule has 2 aromatic heterocycles. The van der Waals surface area contributed by atoms with Crippen molar-refractivity contribution >= 4 is 26.8 Å². The number of H-pyrrole nitrogens is 1. The highest BCUT2D eigenvalue weighted by atomic mass is 32.2. The lowest BCUT2D eigenvalue weighted by Crippen LogP contribution is -2.38. The number of aromatic nitrogens is 2. The Morgan fingerprint density at radius 2 is 2.03 bits per heavy atom. The van der Waals surface area contributed by atoms with Gasteiger partial charge in [-0.2, -0.15) is 9.57 Å². The van der Waals surface area contributed by atoms with Crippen LogP contribution >= 0.6 is 0 Å². The number of nitrogens with zero attached hydrogens (tertiary/aromatic N) is 3. The quantitative estimate of drug-likeness (QED) is 0.494. The number of piperidine rings is 1. The van der Waals surface area contributed by atoms with Gasteiger partial charge < -0.3 is 10.3 Å². The summed E-state index contributed by atoms with van der Waals surface area (Å²) in [6.07, 6.45) is 7.95. The van der Waals surface area contributed by atoms with Crippen LogP contribution in [0, 0.1) is 17.2 Å². The van der Waals surface area contributed by atoms with E-state index in [0.717, 1.165) is 43.0 Å². The number of carbonyl (C=O) groups excluding carboxylic acids is 1. The molecule has 0 saturated carbocycles. The summed E-state index contributed by atoms with van der Waals surface area (Å²) in [5.41, 5.74) is 1.77. The normalized spacial score (nSPS) is 15.4. The summed E-state index contributed by atoms with van der Waals surface area (Å²) in [5, 5.41) is 12.9. The third-order valence-corrected chi connectivity index (χ3v) is 8.06. The van der Waals surface area contributed by atoms with E-state index in [2.05, 4.69) is 15.3 Å². The Bertz CT molecular complexity index is 1240. The minimum Gasteiger partial charge on any atom is -0.351 e. The number of benzene rings is 1. The van der Waals surface area contributed by atoms with Crippen LogP contribution in [0.15, 0.2) is 53.7 Å². The number of fused-ring (bicyclic) bond motifs is 1. The van der Waals surface area contributed by atoms with Gasteiger partial charge in [-0.15, -0.1) is 0 Å². The molecule has 0 spiro atoms. The minimum absolute atomic E-state index is 0.120. The lowest BCUT2D eigenvalue weighted by molar-refractivity contribution is 0.0948. The first-order chi connectivity index (χ1) is 16.0. The van der Waals surface area contributed by atoms with Crippen molar-refractivity contribution in [1.29, 1.82) is 5.26 Å². The van der Waals surface area contributed by atoms with Gasteiger partial charge in [-0.05, 0) is 55.5 Å². The van der Waals surface area contributed by atoms with Crippen molar-refractivity contribution in [1.82, 2.24) is 19.6 Å². The molecule has 0 unspecified atom stereocenters. The van der Waals surface area contributed by atoms with Crippen LogP contribution in [0.2, 0.25) is 0 Å². The summed E-state index contributed by atoms with van der Waals surface area (Å²) < 4.78 is 27.3. The van der Waals surface area contributed by atoms with Crippen molar-refractivity contribution in [3.63, 3.8) is 0 Å². The van der Waals surface area contributed by atoms with Gasteiger partial charge in [-0.1, -0.05) is 18.9 Å². The number of hydrogen-bond acceptors (Lipinski definition) is 5. The number of carbonyl (C=O) groups is 1. The SMILES string of the molecule is N#Cc1cccc(S(=O)(=O)N2CCC(CCCCNC(=O)c3cc4cnccc4[nH]3)CC2)c1. The summed E-state index contributed by atoms with van der Waals surface area (Å²) in [7, 11) is -3.57. The van der Waals surface area contributed by atoms with Crippen molar-refractivity contribution in [3.8, 4) is 6.07 Å². The Labute approximate surface area is 193 Å². The van der Waals surface area contributed by atoms with Gasteiger partial charge in [0.25, 0.3) is 5.91 Å². The second kappa shape index (κ2) is 10.1. The van der Waals surface area contributed by atoms with E-state index in [1.807, 2.05) is 12.1 Å². The molecule has 4 rings (SSSR count). The Morgan fingerprint density at radius 1 is 1.21 bits per heavy atom. The minimum atomic E-state index is -3.57. The predicted molar refractivity (Wildman–Crippen MR) is 125 cm³/mol. The summed E-state index contributed by atoms with van der Waals surface area (Å²) in [5.74, 6) is 0.365. The van der Waals surface area contributed by atoms with E-state index in [9.17, 15) is 13.2 Å². The molecular weight excluding hydrogens is 438 g/mol. The van der Waals surface area contributed by atoms with Crippen molar-refractivity contribution in [2.45, 2.75) is 37.0 Å².